The standard InChI is InChI=1S/C22H17N7O4S/c30-19-7-6-18(29(32)33)12-16(19)13-24-25-20(31)14-34-22-27-26-21(15-8-10-23-11-9-15)28(22)17-4-2-1-3-5-17/h1-13,30H,14H2,(H,25,31). The fraction of sp³-hybridized carbons (Fsp3) is 0.0455. The lowest BCUT2D eigenvalue weighted by atomic mass is 10.2. The predicted molar refractivity (Wildman–Crippen MR) is 126 cm³/mol. The monoisotopic (exact) mass is 475 g/mol. The van der Waals surface area contributed by atoms with E-state index < -0.39 is 10.8 Å². The number of aromatic hydroxyl groups is 1. The molecule has 2 aromatic heterocycles. The maximum atomic E-state index is 12.3. The number of benzene rings is 2. The van der Waals surface area contributed by atoms with Gasteiger partial charge in [-0.1, -0.05) is 30.0 Å². The van der Waals surface area contributed by atoms with Gasteiger partial charge in [-0.25, -0.2) is 5.43 Å². The van der Waals surface area contributed by atoms with E-state index in [4.69, 9.17) is 0 Å². The first-order valence-corrected chi connectivity index (χ1v) is 10.8. The molecule has 34 heavy (non-hydrogen) atoms. The number of hydrogen-bond donors (Lipinski definition) is 2. The van der Waals surface area contributed by atoms with Gasteiger partial charge in [0.25, 0.3) is 11.6 Å². The first-order chi connectivity index (χ1) is 16.5. The van der Waals surface area contributed by atoms with Crippen molar-refractivity contribution in [1.29, 1.82) is 0 Å². The first kappa shape index (κ1) is 22.6. The Balaban J connectivity index is 1.47. The molecule has 0 bridgehead atoms. The van der Waals surface area contributed by atoms with Crippen LogP contribution in [-0.4, -0.2) is 47.7 Å². The number of pyridine rings is 1. The summed E-state index contributed by atoms with van der Waals surface area (Å²) in [4.78, 5) is 26.6. The molecule has 0 spiro atoms. The Hall–Kier alpha value is -4.58. The van der Waals surface area contributed by atoms with E-state index in [0.29, 0.717) is 11.0 Å². The lowest BCUT2D eigenvalue weighted by Crippen LogP contribution is -2.20. The van der Waals surface area contributed by atoms with Crippen LogP contribution in [0.15, 0.2) is 83.3 Å². The molecular formula is C22H17N7O4S. The minimum Gasteiger partial charge on any atom is -0.507 e. The van der Waals surface area contributed by atoms with Crippen LogP contribution in [-0.2, 0) is 4.79 Å². The molecule has 2 aromatic carbocycles. The molecule has 0 aliphatic rings. The Labute approximate surface area is 197 Å². The van der Waals surface area contributed by atoms with Gasteiger partial charge in [0, 0.05) is 41.3 Å². The van der Waals surface area contributed by atoms with Gasteiger partial charge in [0.1, 0.15) is 5.75 Å². The van der Waals surface area contributed by atoms with Gasteiger partial charge in [-0.05, 0) is 30.3 Å². The van der Waals surface area contributed by atoms with Crippen molar-refractivity contribution in [2.45, 2.75) is 5.16 Å². The van der Waals surface area contributed by atoms with E-state index in [9.17, 15) is 20.0 Å². The number of rotatable bonds is 8. The highest BCUT2D eigenvalue weighted by atomic mass is 32.2. The van der Waals surface area contributed by atoms with Gasteiger partial charge in [0.15, 0.2) is 11.0 Å². The van der Waals surface area contributed by atoms with Crippen LogP contribution in [0, 0.1) is 10.1 Å². The molecule has 0 aliphatic carbocycles. The highest BCUT2D eigenvalue weighted by Crippen LogP contribution is 2.27. The second kappa shape index (κ2) is 10.4. The van der Waals surface area contributed by atoms with Crippen molar-refractivity contribution < 1.29 is 14.8 Å². The third kappa shape index (κ3) is 5.24. The molecule has 1 amide bonds. The molecule has 0 saturated carbocycles. The number of para-hydroxylation sites is 1. The van der Waals surface area contributed by atoms with Crippen LogP contribution in [0.5, 0.6) is 5.75 Å². The second-order valence-corrected chi connectivity index (χ2v) is 7.74. The van der Waals surface area contributed by atoms with Crippen molar-refractivity contribution in [3.63, 3.8) is 0 Å². The van der Waals surface area contributed by atoms with E-state index in [1.807, 2.05) is 47.0 Å². The number of amides is 1. The lowest BCUT2D eigenvalue weighted by molar-refractivity contribution is -0.384. The van der Waals surface area contributed by atoms with E-state index in [0.717, 1.165) is 23.5 Å². The van der Waals surface area contributed by atoms with E-state index >= 15 is 0 Å². The minimum atomic E-state index is -0.588. The molecule has 0 saturated heterocycles. The zero-order valence-electron chi connectivity index (χ0n) is 17.5. The highest BCUT2D eigenvalue weighted by Gasteiger charge is 2.17. The van der Waals surface area contributed by atoms with Gasteiger partial charge < -0.3 is 5.11 Å². The molecule has 0 aliphatic heterocycles. The molecule has 2 N–H and O–H groups in total. The van der Waals surface area contributed by atoms with Crippen molar-refractivity contribution >= 4 is 29.6 Å². The molecule has 11 nitrogen and oxygen atoms in total. The number of nitrogens with one attached hydrogen (secondary N) is 1. The maximum absolute atomic E-state index is 12.3. The quantitative estimate of drug-likeness (QED) is 0.171. The fourth-order valence-electron chi connectivity index (χ4n) is 2.96. The number of nitro benzene ring substituents is 1. The number of hydrogen-bond acceptors (Lipinski definition) is 9. The third-order valence-electron chi connectivity index (χ3n) is 4.53. The van der Waals surface area contributed by atoms with Gasteiger partial charge in [-0.3, -0.25) is 24.5 Å². The molecule has 4 rings (SSSR count). The molecule has 170 valence electrons. The van der Waals surface area contributed by atoms with Crippen LogP contribution < -0.4 is 5.43 Å². The van der Waals surface area contributed by atoms with Gasteiger partial charge in [-0.2, -0.15) is 5.10 Å². The van der Waals surface area contributed by atoms with Gasteiger partial charge in [-0.15, -0.1) is 10.2 Å². The van der Waals surface area contributed by atoms with Crippen molar-refractivity contribution in [3.8, 4) is 22.8 Å². The molecule has 12 heteroatoms. The van der Waals surface area contributed by atoms with E-state index in [1.54, 1.807) is 12.4 Å². The first-order valence-electron chi connectivity index (χ1n) is 9.86. The summed E-state index contributed by atoms with van der Waals surface area (Å²) < 4.78 is 1.84. The SMILES string of the molecule is O=C(CSc1nnc(-c2ccncc2)n1-c1ccccc1)NN=Cc1cc([N+](=O)[O-])ccc1O. The maximum Gasteiger partial charge on any atom is 0.270 e. The van der Waals surface area contributed by atoms with Crippen LogP contribution in [0.1, 0.15) is 5.56 Å². The Morgan fingerprint density at radius 1 is 1.15 bits per heavy atom. The van der Waals surface area contributed by atoms with E-state index in [1.165, 1.54) is 23.9 Å². The molecule has 0 radical (unpaired) electrons. The van der Waals surface area contributed by atoms with Crippen LogP contribution in [0.4, 0.5) is 5.69 Å². The van der Waals surface area contributed by atoms with Crippen LogP contribution in [0.2, 0.25) is 0 Å². The van der Waals surface area contributed by atoms with Gasteiger partial charge in [0.05, 0.1) is 16.9 Å². The number of aromatic nitrogens is 4. The number of carbonyl (C=O) groups excluding carboxylic acids is 1. The number of hydrazone groups is 1. The summed E-state index contributed by atoms with van der Waals surface area (Å²) in [5, 5.41) is 33.5. The molecule has 4 aromatic rings. The molecule has 0 atom stereocenters. The van der Waals surface area contributed by atoms with Crippen LogP contribution in [0.25, 0.3) is 17.1 Å². The number of carbonyl (C=O) groups is 1. The highest BCUT2D eigenvalue weighted by molar-refractivity contribution is 7.99. The second-order valence-electron chi connectivity index (χ2n) is 6.80. The average Bonchev–Trinajstić information content (AvgIpc) is 3.29. The normalized spacial score (nSPS) is 10.9. The number of nitrogens with zero attached hydrogens (tertiary/aromatic N) is 6. The van der Waals surface area contributed by atoms with Crippen LogP contribution in [0.3, 0.4) is 0 Å². The summed E-state index contributed by atoms with van der Waals surface area (Å²) in [7, 11) is 0. The molecule has 0 fully saturated rings. The summed E-state index contributed by atoms with van der Waals surface area (Å²) in [5.41, 5.74) is 3.90. The predicted octanol–water partition coefficient (Wildman–Crippen LogP) is 3.19. The Bertz CT molecular complexity index is 1340. The smallest absolute Gasteiger partial charge is 0.270 e. The van der Waals surface area contributed by atoms with E-state index in [-0.39, 0.29) is 22.8 Å². The molecule has 2 heterocycles. The van der Waals surface area contributed by atoms with Crippen molar-refractivity contribution in [2.24, 2.45) is 5.10 Å². The lowest BCUT2D eigenvalue weighted by Gasteiger charge is -2.10. The zero-order chi connectivity index (χ0) is 23.9. The largest absolute Gasteiger partial charge is 0.507 e. The molecular weight excluding hydrogens is 458 g/mol. The Morgan fingerprint density at radius 2 is 1.91 bits per heavy atom. The van der Waals surface area contributed by atoms with Gasteiger partial charge >= 0.3 is 0 Å². The molecule has 0 unspecified atom stereocenters. The number of thioether (sulfide) groups is 1. The van der Waals surface area contributed by atoms with Crippen molar-refractivity contribution in [1.82, 2.24) is 25.2 Å². The Kier molecular flexibility index (Phi) is 6.89. The fourth-order valence-corrected chi connectivity index (χ4v) is 3.70. The summed E-state index contributed by atoms with van der Waals surface area (Å²) >= 11 is 1.17. The summed E-state index contributed by atoms with van der Waals surface area (Å²) in [5.74, 6) is -0.0351. The summed E-state index contributed by atoms with van der Waals surface area (Å²) in [6.45, 7) is 0. The summed E-state index contributed by atoms with van der Waals surface area (Å²) in [6, 6.07) is 16.7. The van der Waals surface area contributed by atoms with Crippen LogP contribution >= 0.6 is 11.8 Å². The minimum absolute atomic E-state index is 0.0143. The number of nitro groups is 1. The van der Waals surface area contributed by atoms with Crippen molar-refractivity contribution in [3.05, 3.63) is 88.7 Å². The van der Waals surface area contributed by atoms with E-state index in [2.05, 4.69) is 25.7 Å². The topological polar surface area (TPSA) is 148 Å². The zero-order valence-corrected chi connectivity index (χ0v) is 18.3. The Morgan fingerprint density at radius 3 is 2.65 bits per heavy atom. The number of non-ortho nitro benzene ring substituents is 1. The number of phenolic OH excluding ortho intramolecular Hbond substituents is 1. The number of phenols is 1. The van der Waals surface area contributed by atoms with Crippen molar-refractivity contribution in [2.75, 3.05) is 5.75 Å². The van der Waals surface area contributed by atoms with Gasteiger partial charge in [0.2, 0.25) is 0 Å². The third-order valence-corrected chi connectivity index (χ3v) is 5.46. The average molecular weight is 475 g/mol. The summed E-state index contributed by atoms with van der Waals surface area (Å²) in [6.07, 6.45) is 4.46.